The van der Waals surface area contributed by atoms with Gasteiger partial charge in [-0.3, -0.25) is 9.59 Å². The summed E-state index contributed by atoms with van der Waals surface area (Å²) in [6.07, 6.45) is 1.39. The third-order valence-electron chi connectivity index (χ3n) is 5.93. The maximum atomic E-state index is 12.9. The van der Waals surface area contributed by atoms with E-state index in [1.807, 2.05) is 26.8 Å². The molecule has 0 saturated carbocycles. The Balaban J connectivity index is 1.40. The SMILES string of the molecule is CCOc1ccc(C(=O)Nc2cccc(C(=O)NN=Cc3ccccc3OC(=O)c3cccc(C)c3)c2)cc1OCC. The van der Waals surface area contributed by atoms with Crippen LogP contribution in [0.2, 0.25) is 0 Å². The highest BCUT2D eigenvalue weighted by atomic mass is 16.5. The van der Waals surface area contributed by atoms with Crippen LogP contribution in [0.5, 0.6) is 17.2 Å². The van der Waals surface area contributed by atoms with Gasteiger partial charge in [-0.2, -0.15) is 5.10 Å². The summed E-state index contributed by atoms with van der Waals surface area (Å²) in [6.45, 7) is 6.51. The van der Waals surface area contributed by atoms with E-state index in [9.17, 15) is 14.4 Å². The molecule has 2 amide bonds. The molecule has 0 fully saturated rings. The van der Waals surface area contributed by atoms with E-state index in [1.54, 1.807) is 84.9 Å². The lowest BCUT2D eigenvalue weighted by molar-refractivity contribution is 0.0733. The number of carbonyl (C=O) groups is 3. The number of para-hydroxylation sites is 1. The molecule has 4 aromatic carbocycles. The minimum absolute atomic E-state index is 0.283. The van der Waals surface area contributed by atoms with E-state index in [0.29, 0.717) is 52.8 Å². The molecule has 214 valence electrons. The molecule has 0 atom stereocenters. The summed E-state index contributed by atoms with van der Waals surface area (Å²) < 4.78 is 16.7. The number of hydrogen-bond donors (Lipinski definition) is 2. The third-order valence-corrected chi connectivity index (χ3v) is 5.93. The van der Waals surface area contributed by atoms with Gasteiger partial charge in [-0.15, -0.1) is 0 Å². The van der Waals surface area contributed by atoms with Crippen LogP contribution in [0.15, 0.2) is 96.1 Å². The quantitative estimate of drug-likeness (QED) is 0.0994. The second kappa shape index (κ2) is 14.3. The predicted molar refractivity (Wildman–Crippen MR) is 161 cm³/mol. The van der Waals surface area contributed by atoms with E-state index < -0.39 is 11.9 Å². The van der Waals surface area contributed by atoms with Gasteiger partial charge in [0, 0.05) is 22.4 Å². The van der Waals surface area contributed by atoms with Crippen molar-refractivity contribution < 1.29 is 28.6 Å². The van der Waals surface area contributed by atoms with Gasteiger partial charge in [0.15, 0.2) is 11.5 Å². The molecule has 0 bridgehead atoms. The summed E-state index contributed by atoms with van der Waals surface area (Å²) in [5.41, 5.74) is 5.43. The van der Waals surface area contributed by atoms with Crippen LogP contribution in [-0.4, -0.2) is 37.2 Å². The first-order valence-electron chi connectivity index (χ1n) is 13.4. The van der Waals surface area contributed by atoms with Crippen LogP contribution in [-0.2, 0) is 0 Å². The van der Waals surface area contributed by atoms with E-state index >= 15 is 0 Å². The van der Waals surface area contributed by atoms with Crippen LogP contribution >= 0.6 is 0 Å². The Labute approximate surface area is 244 Å². The van der Waals surface area contributed by atoms with Gasteiger partial charge < -0.3 is 19.5 Å². The van der Waals surface area contributed by atoms with Crippen molar-refractivity contribution in [1.82, 2.24) is 5.43 Å². The van der Waals surface area contributed by atoms with Crippen molar-refractivity contribution in [3.63, 3.8) is 0 Å². The number of rotatable bonds is 11. The molecule has 0 heterocycles. The molecule has 42 heavy (non-hydrogen) atoms. The highest BCUT2D eigenvalue weighted by molar-refractivity contribution is 6.05. The average molecular weight is 566 g/mol. The van der Waals surface area contributed by atoms with Gasteiger partial charge >= 0.3 is 5.97 Å². The molecule has 4 aromatic rings. The van der Waals surface area contributed by atoms with Crippen LogP contribution < -0.4 is 25.0 Å². The van der Waals surface area contributed by atoms with Crippen LogP contribution in [0.3, 0.4) is 0 Å². The Hall–Kier alpha value is -5.44. The fourth-order valence-corrected chi connectivity index (χ4v) is 3.97. The number of benzene rings is 4. The lowest BCUT2D eigenvalue weighted by Gasteiger charge is -2.12. The second-order valence-electron chi connectivity index (χ2n) is 9.06. The summed E-state index contributed by atoms with van der Waals surface area (Å²) >= 11 is 0. The second-order valence-corrected chi connectivity index (χ2v) is 9.06. The molecule has 0 aliphatic rings. The van der Waals surface area contributed by atoms with Crippen LogP contribution in [0.4, 0.5) is 5.69 Å². The first-order chi connectivity index (χ1) is 20.4. The number of hydrazone groups is 1. The number of hydrogen-bond acceptors (Lipinski definition) is 7. The number of nitrogens with one attached hydrogen (secondary N) is 2. The Morgan fingerprint density at radius 3 is 2.21 bits per heavy atom. The minimum atomic E-state index is -0.498. The molecule has 9 nitrogen and oxygen atoms in total. The number of ether oxygens (including phenoxy) is 3. The van der Waals surface area contributed by atoms with Gasteiger partial charge in [-0.05, 0) is 81.4 Å². The summed E-state index contributed by atoms with van der Waals surface area (Å²) in [7, 11) is 0. The van der Waals surface area contributed by atoms with E-state index in [1.165, 1.54) is 6.21 Å². The monoisotopic (exact) mass is 565 g/mol. The zero-order valence-electron chi connectivity index (χ0n) is 23.5. The van der Waals surface area contributed by atoms with Gasteiger partial charge in [-0.1, -0.05) is 35.9 Å². The molecule has 9 heteroatoms. The zero-order chi connectivity index (χ0) is 29.9. The molecule has 2 N–H and O–H groups in total. The average Bonchev–Trinajstić information content (AvgIpc) is 2.99. The fraction of sp³-hybridized carbons (Fsp3) is 0.152. The maximum absolute atomic E-state index is 12.9. The molecule has 0 unspecified atom stereocenters. The number of aryl methyl sites for hydroxylation is 1. The fourth-order valence-electron chi connectivity index (χ4n) is 3.97. The first-order valence-corrected chi connectivity index (χ1v) is 13.4. The smallest absolute Gasteiger partial charge is 0.343 e. The number of nitrogens with zero attached hydrogens (tertiary/aromatic N) is 1. The summed E-state index contributed by atoms with van der Waals surface area (Å²) in [5, 5.41) is 6.83. The van der Waals surface area contributed by atoms with Crippen molar-refractivity contribution in [3.05, 3.63) is 119 Å². The Bertz CT molecular complexity index is 1620. The van der Waals surface area contributed by atoms with Crippen LogP contribution in [0.25, 0.3) is 0 Å². The Kier molecular flexibility index (Phi) is 10.0. The van der Waals surface area contributed by atoms with Crippen molar-refractivity contribution in [2.75, 3.05) is 18.5 Å². The van der Waals surface area contributed by atoms with Gasteiger partial charge in [0.2, 0.25) is 0 Å². The van der Waals surface area contributed by atoms with Crippen molar-refractivity contribution in [2.24, 2.45) is 5.10 Å². The maximum Gasteiger partial charge on any atom is 0.343 e. The van der Waals surface area contributed by atoms with Gasteiger partial charge in [0.25, 0.3) is 11.8 Å². The van der Waals surface area contributed by atoms with Crippen molar-refractivity contribution in [1.29, 1.82) is 0 Å². The van der Waals surface area contributed by atoms with Crippen molar-refractivity contribution >= 4 is 29.7 Å². The first kappa shape index (κ1) is 29.5. The molecule has 0 aliphatic carbocycles. The summed E-state index contributed by atoms with van der Waals surface area (Å²) in [4.78, 5) is 38.3. The van der Waals surface area contributed by atoms with E-state index in [4.69, 9.17) is 14.2 Å². The molecule has 0 aliphatic heterocycles. The molecule has 4 rings (SSSR count). The van der Waals surface area contributed by atoms with Crippen LogP contribution in [0.1, 0.15) is 56.0 Å². The van der Waals surface area contributed by atoms with Gasteiger partial charge in [-0.25, -0.2) is 10.2 Å². The molecule has 0 radical (unpaired) electrons. The third kappa shape index (κ3) is 7.82. The number of carbonyl (C=O) groups excluding carboxylic acids is 3. The minimum Gasteiger partial charge on any atom is -0.490 e. The molecule has 0 spiro atoms. The lowest BCUT2D eigenvalue weighted by atomic mass is 10.1. The largest absolute Gasteiger partial charge is 0.490 e. The topological polar surface area (TPSA) is 115 Å². The number of esters is 1. The van der Waals surface area contributed by atoms with E-state index in [0.717, 1.165) is 5.56 Å². The molecular formula is C33H31N3O6. The van der Waals surface area contributed by atoms with Gasteiger partial charge in [0.05, 0.1) is 25.0 Å². The Morgan fingerprint density at radius 1 is 0.714 bits per heavy atom. The number of anilines is 1. The van der Waals surface area contributed by atoms with Crippen molar-refractivity contribution in [3.8, 4) is 17.2 Å². The van der Waals surface area contributed by atoms with Gasteiger partial charge in [0.1, 0.15) is 5.75 Å². The standard InChI is InChI=1S/C33H31N3O6/c1-4-40-29-17-16-24(20-30(29)41-5-2)31(37)35-27-14-9-12-23(19-27)32(38)36-34-21-26-11-6-7-15-28(26)42-33(39)25-13-8-10-22(3)18-25/h6-21H,4-5H2,1-3H3,(H,35,37)(H,36,38). The summed E-state index contributed by atoms with van der Waals surface area (Å²) in [5.74, 6) is -0.0235. The normalized spacial score (nSPS) is 10.6. The van der Waals surface area contributed by atoms with E-state index in [2.05, 4.69) is 15.8 Å². The van der Waals surface area contributed by atoms with E-state index in [-0.39, 0.29) is 11.5 Å². The predicted octanol–water partition coefficient (Wildman–Crippen LogP) is 6.03. The van der Waals surface area contributed by atoms with Crippen molar-refractivity contribution in [2.45, 2.75) is 20.8 Å². The highest BCUT2D eigenvalue weighted by Gasteiger charge is 2.14. The molecular weight excluding hydrogens is 534 g/mol. The highest BCUT2D eigenvalue weighted by Crippen LogP contribution is 2.29. The zero-order valence-corrected chi connectivity index (χ0v) is 23.5. The molecule has 0 aromatic heterocycles. The Morgan fingerprint density at radius 2 is 1.43 bits per heavy atom. The molecule has 0 saturated heterocycles. The van der Waals surface area contributed by atoms with Crippen LogP contribution in [0, 0.1) is 6.92 Å². The lowest BCUT2D eigenvalue weighted by Crippen LogP contribution is -2.18. The summed E-state index contributed by atoms with van der Waals surface area (Å²) in [6, 6.07) is 25.4. The number of amides is 2.